The minimum Gasteiger partial charge on any atom is -0.476 e. The molecule has 16 heteroatoms. The SMILES string of the molecule is COC[C@]1(O)CC[C@@H](COc2ncc(S(=O)(=O)NC(=O)c3ccc(N4CCN(CC5=C(c6ccc(Cl)cc6)CC(C)(C)CC5)CC4)cc3Oc3cnc4[nH]ccc4c3)cc2Cl)CC1. The van der Waals surface area contributed by atoms with E-state index < -0.39 is 21.5 Å². The number of allylic oxidation sites excluding steroid dienone is 1. The zero-order valence-corrected chi connectivity index (χ0v) is 38.2. The summed E-state index contributed by atoms with van der Waals surface area (Å²) in [5.74, 6) is -0.0861. The lowest BCUT2D eigenvalue weighted by atomic mass is 9.72. The van der Waals surface area contributed by atoms with Crippen molar-refractivity contribution in [3.8, 4) is 17.4 Å². The number of sulfonamides is 1. The number of piperazine rings is 1. The van der Waals surface area contributed by atoms with Crippen molar-refractivity contribution in [2.45, 2.75) is 69.3 Å². The van der Waals surface area contributed by atoms with Crippen LogP contribution >= 0.6 is 23.2 Å². The number of hydrogen-bond acceptors (Lipinski definition) is 11. The van der Waals surface area contributed by atoms with E-state index in [0.29, 0.717) is 30.8 Å². The van der Waals surface area contributed by atoms with Gasteiger partial charge in [-0.15, -0.1) is 0 Å². The van der Waals surface area contributed by atoms with E-state index in [9.17, 15) is 18.3 Å². The number of carbonyl (C=O) groups is 1. The first-order valence-electron chi connectivity index (χ1n) is 21.4. The highest BCUT2D eigenvalue weighted by Crippen LogP contribution is 2.44. The first-order valence-corrected chi connectivity index (χ1v) is 23.7. The van der Waals surface area contributed by atoms with Gasteiger partial charge in [-0.1, -0.05) is 54.8 Å². The Kier molecular flexibility index (Phi) is 13.4. The van der Waals surface area contributed by atoms with Crippen LogP contribution in [0.1, 0.15) is 74.7 Å². The molecule has 334 valence electrons. The van der Waals surface area contributed by atoms with Gasteiger partial charge in [0.05, 0.1) is 36.8 Å². The second-order valence-electron chi connectivity index (χ2n) is 17.9. The van der Waals surface area contributed by atoms with Crippen molar-refractivity contribution in [1.29, 1.82) is 0 Å². The van der Waals surface area contributed by atoms with E-state index in [0.717, 1.165) is 87.1 Å². The van der Waals surface area contributed by atoms with Crippen LogP contribution in [-0.4, -0.2) is 97.9 Å². The minimum atomic E-state index is -4.43. The molecule has 1 saturated heterocycles. The van der Waals surface area contributed by atoms with Gasteiger partial charge in [0.25, 0.3) is 15.9 Å². The van der Waals surface area contributed by atoms with Crippen LogP contribution in [0.3, 0.4) is 0 Å². The highest BCUT2D eigenvalue weighted by atomic mass is 35.5. The molecule has 0 unspecified atom stereocenters. The fourth-order valence-corrected chi connectivity index (χ4v) is 10.2. The van der Waals surface area contributed by atoms with Crippen LogP contribution in [0, 0.1) is 11.3 Å². The standard InChI is InChI=1S/C47H54Cl2N6O7S/c1-46(2)14-12-34(40(25-46)32-4-6-35(48)7-5-32)28-54-18-20-55(21-19-54)36-8-9-39(42(23-36)62-37-22-33-13-17-50-43(33)51-26-37)44(56)53-63(58,59)38-24-41(49)45(52-27-38)61-29-31-10-15-47(57,16-11-31)30-60-3/h4-9,13,17,22-24,26-27,31,57H,10-12,14-16,18-21,25,28-30H2,1-3H3,(H,50,51)(H,53,56)/t31-,47+. The normalized spacial score (nSPS) is 20.8. The predicted molar refractivity (Wildman–Crippen MR) is 245 cm³/mol. The van der Waals surface area contributed by atoms with Gasteiger partial charge in [-0.05, 0) is 110 Å². The molecule has 0 atom stereocenters. The maximum atomic E-state index is 13.9. The topological polar surface area (TPSA) is 159 Å². The number of amides is 1. The molecule has 1 saturated carbocycles. The molecule has 4 heterocycles. The largest absolute Gasteiger partial charge is 0.476 e. The number of aromatic nitrogens is 3. The molecular formula is C47H54Cl2N6O7S. The summed E-state index contributed by atoms with van der Waals surface area (Å²) in [6.45, 7) is 9.35. The van der Waals surface area contributed by atoms with Gasteiger partial charge in [0.1, 0.15) is 27.1 Å². The molecule has 1 amide bonds. The Bertz CT molecular complexity index is 2580. The third-order valence-electron chi connectivity index (χ3n) is 12.6. The van der Waals surface area contributed by atoms with Gasteiger partial charge in [0.2, 0.25) is 5.88 Å². The predicted octanol–water partition coefficient (Wildman–Crippen LogP) is 8.91. The summed E-state index contributed by atoms with van der Waals surface area (Å²) in [7, 11) is -2.86. The maximum Gasteiger partial charge on any atom is 0.268 e. The Balaban J connectivity index is 0.960. The van der Waals surface area contributed by atoms with E-state index >= 15 is 0 Å². The van der Waals surface area contributed by atoms with Gasteiger partial charge in [-0.3, -0.25) is 9.69 Å². The third-order valence-corrected chi connectivity index (χ3v) is 14.4. The molecule has 8 rings (SSSR count). The molecule has 2 aliphatic carbocycles. The highest BCUT2D eigenvalue weighted by molar-refractivity contribution is 7.90. The van der Waals surface area contributed by atoms with Crippen LogP contribution in [0.15, 0.2) is 89.7 Å². The Morgan fingerprint density at radius 2 is 1.73 bits per heavy atom. The van der Waals surface area contributed by atoms with E-state index in [4.69, 9.17) is 37.4 Å². The monoisotopic (exact) mass is 916 g/mol. The van der Waals surface area contributed by atoms with Crippen molar-refractivity contribution in [3.63, 3.8) is 0 Å². The van der Waals surface area contributed by atoms with Gasteiger partial charge in [-0.25, -0.2) is 23.1 Å². The van der Waals surface area contributed by atoms with E-state index in [2.05, 4.69) is 55.5 Å². The molecule has 0 spiro atoms. The average Bonchev–Trinajstić information content (AvgIpc) is 3.73. The van der Waals surface area contributed by atoms with Crippen LogP contribution in [0.5, 0.6) is 17.4 Å². The number of nitrogens with one attached hydrogen (secondary N) is 2. The number of ether oxygens (including phenoxy) is 3. The fraction of sp³-hybridized carbons (Fsp3) is 0.426. The number of carbonyl (C=O) groups excluding carboxylic acids is 1. The first-order chi connectivity index (χ1) is 30.2. The minimum absolute atomic E-state index is 0.0143. The van der Waals surface area contributed by atoms with E-state index in [1.54, 1.807) is 37.7 Å². The quantitative estimate of drug-likeness (QED) is 0.0977. The van der Waals surface area contributed by atoms with Crippen molar-refractivity contribution in [2.24, 2.45) is 11.3 Å². The zero-order valence-electron chi connectivity index (χ0n) is 35.8. The zero-order chi connectivity index (χ0) is 44.4. The molecule has 2 aromatic carbocycles. The number of pyridine rings is 2. The maximum absolute atomic E-state index is 13.9. The van der Waals surface area contributed by atoms with Crippen molar-refractivity contribution >= 4 is 61.4 Å². The molecule has 13 nitrogen and oxygen atoms in total. The van der Waals surface area contributed by atoms with E-state index in [-0.39, 0.29) is 45.1 Å². The molecule has 3 aromatic heterocycles. The van der Waals surface area contributed by atoms with Crippen LogP contribution < -0.4 is 19.1 Å². The summed E-state index contributed by atoms with van der Waals surface area (Å²) < 4.78 is 46.8. The molecule has 0 radical (unpaired) electrons. The first kappa shape index (κ1) is 44.9. The van der Waals surface area contributed by atoms with Gasteiger partial charge in [0.15, 0.2) is 0 Å². The summed E-state index contributed by atoms with van der Waals surface area (Å²) in [4.78, 5) is 30.0. The lowest BCUT2D eigenvalue weighted by molar-refractivity contribution is -0.0671. The summed E-state index contributed by atoms with van der Waals surface area (Å²) in [5.41, 5.74) is 5.07. The van der Waals surface area contributed by atoms with Crippen molar-refractivity contribution < 1.29 is 32.5 Å². The van der Waals surface area contributed by atoms with Crippen LogP contribution in [0.25, 0.3) is 16.6 Å². The number of methoxy groups -OCH3 is 1. The second kappa shape index (κ2) is 18.8. The van der Waals surface area contributed by atoms with E-state index in [1.165, 1.54) is 22.8 Å². The lowest BCUT2D eigenvalue weighted by Crippen LogP contribution is -2.47. The third kappa shape index (κ3) is 10.8. The number of hydrogen-bond donors (Lipinski definition) is 3. The van der Waals surface area contributed by atoms with E-state index in [1.807, 2.05) is 24.3 Å². The summed E-state index contributed by atoms with van der Waals surface area (Å²) >= 11 is 12.7. The van der Waals surface area contributed by atoms with Crippen LogP contribution in [0.2, 0.25) is 10.0 Å². The molecule has 1 aliphatic heterocycles. The molecule has 5 aromatic rings. The van der Waals surface area contributed by atoms with Gasteiger partial charge >= 0.3 is 0 Å². The molecule has 63 heavy (non-hydrogen) atoms. The fourth-order valence-electron chi connectivity index (χ4n) is 8.87. The molecule has 3 aliphatic rings. The number of benzene rings is 2. The number of rotatable bonds is 14. The Morgan fingerprint density at radius 3 is 2.46 bits per heavy atom. The second-order valence-corrected chi connectivity index (χ2v) is 20.4. The van der Waals surface area contributed by atoms with Crippen molar-refractivity contribution in [3.05, 3.63) is 106 Å². The number of aliphatic hydroxyl groups is 1. The summed E-state index contributed by atoms with van der Waals surface area (Å²) in [6.07, 6.45) is 10.3. The summed E-state index contributed by atoms with van der Waals surface area (Å²) in [5, 5.41) is 12.2. The van der Waals surface area contributed by atoms with Gasteiger partial charge < -0.3 is 29.2 Å². The van der Waals surface area contributed by atoms with Crippen LogP contribution in [0.4, 0.5) is 5.69 Å². The number of H-pyrrole nitrogens is 1. The van der Waals surface area contributed by atoms with Crippen molar-refractivity contribution in [1.82, 2.24) is 24.6 Å². The number of anilines is 1. The molecule has 2 fully saturated rings. The van der Waals surface area contributed by atoms with Crippen molar-refractivity contribution in [2.75, 3.05) is 57.9 Å². The Labute approximate surface area is 378 Å². The number of fused-ring (bicyclic) bond motifs is 1. The molecule has 3 N–H and O–H groups in total. The number of nitrogens with zero attached hydrogens (tertiary/aromatic N) is 4. The van der Waals surface area contributed by atoms with Gasteiger partial charge in [0, 0.05) is 68.2 Å². The highest BCUT2D eigenvalue weighted by Gasteiger charge is 2.34. The lowest BCUT2D eigenvalue weighted by Gasteiger charge is -2.39. The van der Waals surface area contributed by atoms with Crippen LogP contribution in [-0.2, 0) is 14.8 Å². The Morgan fingerprint density at radius 1 is 0.968 bits per heavy atom. The average molecular weight is 918 g/mol. The number of halogens is 2. The molecule has 0 bridgehead atoms. The Hall–Kier alpha value is -4.70. The smallest absolute Gasteiger partial charge is 0.268 e. The van der Waals surface area contributed by atoms with Gasteiger partial charge in [-0.2, -0.15) is 0 Å². The summed E-state index contributed by atoms with van der Waals surface area (Å²) in [6, 6.07) is 18.3. The number of aromatic amines is 1. The molecular weight excluding hydrogens is 864 g/mol.